The Morgan fingerprint density at radius 1 is 1.00 bits per heavy atom. The van der Waals surface area contributed by atoms with Crippen molar-refractivity contribution in [3.63, 3.8) is 0 Å². The van der Waals surface area contributed by atoms with Crippen molar-refractivity contribution in [2.24, 2.45) is 0 Å². The van der Waals surface area contributed by atoms with Gasteiger partial charge < -0.3 is 23.9 Å². The van der Waals surface area contributed by atoms with Gasteiger partial charge in [-0.1, -0.05) is 37.1 Å². The van der Waals surface area contributed by atoms with E-state index in [1.54, 1.807) is 48.5 Å². The molecule has 2 aromatic carbocycles. The van der Waals surface area contributed by atoms with Gasteiger partial charge in [-0.2, -0.15) is 0 Å². The molecule has 1 saturated carbocycles. The maximum atomic E-state index is 14.1. The minimum absolute atomic E-state index is 0.0410. The molecule has 4 rings (SSSR count). The Bertz CT molecular complexity index is 1170. The number of nitrogens with one attached hydrogen (secondary N) is 1. The number of benzene rings is 2. The Kier molecular flexibility index (Phi) is 8.15. The summed E-state index contributed by atoms with van der Waals surface area (Å²) in [7, 11) is 3.05. The molecule has 1 atom stereocenters. The molecule has 0 bridgehead atoms. The summed E-state index contributed by atoms with van der Waals surface area (Å²) in [5, 5.41) is 3.17. The monoisotopic (exact) mass is 492 g/mol. The van der Waals surface area contributed by atoms with E-state index in [0.29, 0.717) is 35.1 Å². The van der Waals surface area contributed by atoms with Crippen molar-refractivity contribution in [2.45, 2.75) is 44.7 Å². The number of nitrogens with zero attached hydrogens (tertiary/aromatic N) is 1. The van der Waals surface area contributed by atoms with Gasteiger partial charge in [0.1, 0.15) is 11.8 Å². The summed E-state index contributed by atoms with van der Waals surface area (Å²) in [6.45, 7) is 2.26. The highest BCUT2D eigenvalue weighted by molar-refractivity contribution is 6.09. The molecule has 1 aliphatic rings. The molecule has 0 aliphatic heterocycles. The first-order chi connectivity index (χ1) is 17.6. The van der Waals surface area contributed by atoms with Gasteiger partial charge in [0.2, 0.25) is 5.91 Å². The van der Waals surface area contributed by atoms with Crippen LogP contribution in [0.1, 0.15) is 54.8 Å². The van der Waals surface area contributed by atoms with E-state index in [9.17, 15) is 9.59 Å². The van der Waals surface area contributed by atoms with Crippen molar-refractivity contribution in [2.75, 3.05) is 25.7 Å². The lowest BCUT2D eigenvalue weighted by Crippen LogP contribution is -2.46. The molecular formula is C28H32N2O6. The number of carbonyl (C=O) groups excluding carboxylic acids is 2. The second kappa shape index (κ2) is 11.7. The van der Waals surface area contributed by atoms with Crippen LogP contribution >= 0.6 is 0 Å². The summed E-state index contributed by atoms with van der Waals surface area (Å²) in [5.41, 5.74) is 0.927. The van der Waals surface area contributed by atoms with Gasteiger partial charge in [-0.25, -0.2) is 0 Å². The van der Waals surface area contributed by atoms with E-state index in [1.165, 1.54) is 25.4 Å². The maximum absolute atomic E-state index is 14.1. The Morgan fingerprint density at radius 2 is 1.75 bits per heavy atom. The lowest BCUT2D eigenvalue weighted by molar-refractivity contribution is -0.123. The first-order valence-electron chi connectivity index (χ1n) is 12.2. The normalized spacial score (nSPS) is 14.2. The summed E-state index contributed by atoms with van der Waals surface area (Å²) < 4.78 is 22.6. The molecule has 1 aromatic heterocycles. The summed E-state index contributed by atoms with van der Waals surface area (Å²) in [6, 6.07) is 14.6. The zero-order valence-electron chi connectivity index (χ0n) is 20.9. The molecule has 8 heteroatoms. The van der Waals surface area contributed by atoms with Crippen LogP contribution in [-0.4, -0.2) is 38.7 Å². The first-order valence-corrected chi connectivity index (χ1v) is 12.2. The van der Waals surface area contributed by atoms with Crippen LogP contribution in [0.4, 0.5) is 5.69 Å². The zero-order chi connectivity index (χ0) is 25.5. The number of carbonyl (C=O) groups is 2. The third-order valence-corrected chi connectivity index (χ3v) is 6.31. The Morgan fingerprint density at radius 3 is 2.42 bits per heavy atom. The molecule has 1 aliphatic carbocycles. The number of furan rings is 1. The number of rotatable bonds is 10. The third-order valence-electron chi connectivity index (χ3n) is 6.31. The third kappa shape index (κ3) is 5.17. The summed E-state index contributed by atoms with van der Waals surface area (Å²) in [5.74, 6) is 0.598. The molecule has 0 radical (unpaired) electrons. The second-order valence-corrected chi connectivity index (χ2v) is 8.53. The number of hydrogen-bond donors (Lipinski definition) is 1. The van der Waals surface area contributed by atoms with Gasteiger partial charge in [0.05, 0.1) is 32.8 Å². The van der Waals surface area contributed by atoms with Gasteiger partial charge in [-0.3, -0.25) is 14.5 Å². The molecule has 0 spiro atoms. The molecule has 1 unspecified atom stereocenters. The number of hydrogen-bond acceptors (Lipinski definition) is 6. The van der Waals surface area contributed by atoms with Crippen molar-refractivity contribution in [1.82, 2.24) is 5.32 Å². The van der Waals surface area contributed by atoms with Crippen LogP contribution in [0.5, 0.6) is 17.2 Å². The topological polar surface area (TPSA) is 90.2 Å². The lowest BCUT2D eigenvalue weighted by Gasteiger charge is -2.33. The fourth-order valence-electron chi connectivity index (χ4n) is 4.69. The van der Waals surface area contributed by atoms with Crippen LogP contribution in [0.25, 0.3) is 0 Å². The van der Waals surface area contributed by atoms with Crippen LogP contribution in [0.2, 0.25) is 0 Å². The number of para-hydroxylation sites is 3. The van der Waals surface area contributed by atoms with E-state index >= 15 is 0 Å². The minimum atomic E-state index is -1.09. The largest absolute Gasteiger partial charge is 0.493 e. The summed E-state index contributed by atoms with van der Waals surface area (Å²) in [4.78, 5) is 29.5. The average Bonchev–Trinajstić information content (AvgIpc) is 3.62. The second-order valence-electron chi connectivity index (χ2n) is 8.53. The maximum Gasteiger partial charge on any atom is 0.295 e. The number of ether oxygens (including phenoxy) is 3. The highest BCUT2D eigenvalue weighted by Gasteiger charge is 2.39. The van der Waals surface area contributed by atoms with E-state index in [1.807, 2.05) is 13.0 Å². The van der Waals surface area contributed by atoms with E-state index in [-0.39, 0.29) is 17.7 Å². The smallest absolute Gasteiger partial charge is 0.295 e. The summed E-state index contributed by atoms with van der Waals surface area (Å²) in [6.07, 6.45) is 5.34. The zero-order valence-corrected chi connectivity index (χ0v) is 20.9. The molecular weight excluding hydrogens is 460 g/mol. The van der Waals surface area contributed by atoms with Gasteiger partial charge in [-0.05, 0) is 50.1 Å². The predicted molar refractivity (Wildman–Crippen MR) is 136 cm³/mol. The Labute approximate surface area is 211 Å². The van der Waals surface area contributed by atoms with Crippen LogP contribution in [-0.2, 0) is 4.79 Å². The van der Waals surface area contributed by atoms with E-state index in [2.05, 4.69) is 5.32 Å². The molecule has 3 aromatic rings. The molecule has 1 N–H and O–H groups in total. The molecule has 8 nitrogen and oxygen atoms in total. The average molecular weight is 493 g/mol. The molecule has 1 heterocycles. The van der Waals surface area contributed by atoms with E-state index in [4.69, 9.17) is 18.6 Å². The van der Waals surface area contributed by atoms with E-state index in [0.717, 1.165) is 25.7 Å². The fraction of sp³-hybridized carbons (Fsp3) is 0.357. The number of methoxy groups -OCH3 is 2. The standard InChI is InChI=1S/C28H32N2O6/c1-4-35-22-15-8-7-14-21(22)30(28(32)24-17-10-18-36-24)25(27(31)29-19-11-5-6-12-19)20-13-9-16-23(33-2)26(20)34-3/h7-10,13-19,25H,4-6,11-12H2,1-3H3,(H,29,31). The van der Waals surface area contributed by atoms with E-state index < -0.39 is 11.9 Å². The quantitative estimate of drug-likeness (QED) is 0.421. The van der Waals surface area contributed by atoms with Crippen molar-refractivity contribution in [3.8, 4) is 17.2 Å². The Hall–Kier alpha value is -3.94. The predicted octanol–water partition coefficient (Wildman–Crippen LogP) is 5.14. The van der Waals surface area contributed by atoms with Gasteiger partial charge >= 0.3 is 0 Å². The first kappa shape index (κ1) is 25.2. The number of amides is 2. The highest BCUT2D eigenvalue weighted by Crippen LogP contribution is 2.42. The van der Waals surface area contributed by atoms with Crippen molar-refractivity contribution < 1.29 is 28.2 Å². The molecule has 0 saturated heterocycles. The molecule has 36 heavy (non-hydrogen) atoms. The fourth-order valence-corrected chi connectivity index (χ4v) is 4.69. The SMILES string of the molecule is CCOc1ccccc1N(C(=O)c1ccco1)C(C(=O)NC1CCCC1)c1cccc(OC)c1OC. The summed E-state index contributed by atoms with van der Waals surface area (Å²) >= 11 is 0. The van der Waals surface area contributed by atoms with Crippen molar-refractivity contribution >= 4 is 17.5 Å². The Balaban J connectivity index is 1.92. The van der Waals surface area contributed by atoms with Crippen LogP contribution in [0.3, 0.4) is 0 Å². The molecule has 1 fully saturated rings. The van der Waals surface area contributed by atoms with Crippen molar-refractivity contribution in [1.29, 1.82) is 0 Å². The van der Waals surface area contributed by atoms with Crippen LogP contribution < -0.4 is 24.4 Å². The van der Waals surface area contributed by atoms with Gasteiger partial charge in [0.25, 0.3) is 5.91 Å². The highest BCUT2D eigenvalue weighted by atomic mass is 16.5. The number of anilines is 1. The lowest BCUT2D eigenvalue weighted by atomic mass is 10.00. The van der Waals surface area contributed by atoms with Crippen molar-refractivity contribution in [3.05, 3.63) is 72.2 Å². The molecule has 190 valence electrons. The van der Waals surface area contributed by atoms with Gasteiger partial charge in [0, 0.05) is 11.6 Å². The van der Waals surface area contributed by atoms with Gasteiger partial charge in [0.15, 0.2) is 17.3 Å². The molecule has 2 amide bonds. The van der Waals surface area contributed by atoms with Crippen LogP contribution in [0, 0.1) is 0 Å². The minimum Gasteiger partial charge on any atom is -0.493 e. The van der Waals surface area contributed by atoms with Crippen LogP contribution in [0.15, 0.2) is 65.3 Å². The van der Waals surface area contributed by atoms with Gasteiger partial charge in [-0.15, -0.1) is 0 Å².